The largest absolute Gasteiger partial charge is 0.390 e. The summed E-state index contributed by atoms with van der Waals surface area (Å²) < 4.78 is 33.3. The first kappa shape index (κ1) is 26.5. The number of carbonyl (C=O) groups excluding carboxylic acids is 1. The smallest absolute Gasteiger partial charge is 0.322 e. The molecule has 1 heterocycles. The number of benzene rings is 1. The van der Waals surface area contributed by atoms with Gasteiger partial charge in [0, 0.05) is 28.3 Å². The van der Waals surface area contributed by atoms with Crippen LogP contribution in [0.1, 0.15) is 101 Å². The molecule has 202 valence electrons. The summed E-state index contributed by atoms with van der Waals surface area (Å²) in [6.07, 6.45) is 7.43. The Morgan fingerprint density at radius 1 is 1.22 bits per heavy atom. The van der Waals surface area contributed by atoms with Gasteiger partial charge in [-0.25, -0.2) is 4.79 Å². The average molecular weight is 582 g/mol. The van der Waals surface area contributed by atoms with E-state index in [1.54, 1.807) is 0 Å². The van der Waals surface area contributed by atoms with Crippen LogP contribution in [-0.4, -0.2) is 32.4 Å². The van der Waals surface area contributed by atoms with Crippen LogP contribution in [0, 0.1) is 5.41 Å². The van der Waals surface area contributed by atoms with E-state index in [1.807, 2.05) is 19.1 Å². The van der Waals surface area contributed by atoms with E-state index in [-0.39, 0.29) is 16.7 Å². The zero-order valence-corrected chi connectivity index (χ0v) is 22.9. The number of halogens is 3. The fourth-order valence-corrected chi connectivity index (χ4v) is 7.78. The van der Waals surface area contributed by atoms with Crippen LogP contribution < -0.4 is 11.1 Å². The second-order valence-corrected chi connectivity index (χ2v) is 13.1. The highest BCUT2D eigenvalue weighted by atomic mass is 79.9. The molecule has 4 aliphatic carbocycles. The van der Waals surface area contributed by atoms with Crippen molar-refractivity contribution < 1.29 is 23.2 Å². The van der Waals surface area contributed by atoms with Gasteiger partial charge in [0.25, 0.3) is 5.89 Å². The van der Waals surface area contributed by atoms with Crippen molar-refractivity contribution >= 4 is 22.0 Å². The number of hydrogen-bond acceptors (Lipinski definition) is 5. The minimum atomic E-state index is -3.16. The Bertz CT molecular complexity index is 1160. The predicted molar refractivity (Wildman–Crippen MR) is 137 cm³/mol. The molecule has 37 heavy (non-hydrogen) atoms. The molecule has 2 aromatic rings. The number of alkyl halides is 2. The number of nitrogens with zero attached hydrogens (tertiary/aromatic N) is 2. The fourth-order valence-electron chi connectivity index (χ4n) is 7.37. The first-order valence-electron chi connectivity index (χ1n) is 13.0. The molecule has 7 nitrogen and oxygen atoms in total. The normalized spacial score (nSPS) is 35.9. The van der Waals surface area contributed by atoms with Crippen LogP contribution in [0.15, 0.2) is 33.3 Å². The summed E-state index contributed by atoms with van der Waals surface area (Å²) in [5.41, 5.74) is 5.00. The van der Waals surface area contributed by atoms with Gasteiger partial charge >= 0.3 is 12.0 Å². The number of amides is 2. The molecule has 0 spiro atoms. The summed E-state index contributed by atoms with van der Waals surface area (Å²) >= 11 is 3.58. The third-order valence-corrected chi connectivity index (χ3v) is 9.91. The Labute approximate surface area is 224 Å². The topological polar surface area (TPSA) is 114 Å². The van der Waals surface area contributed by atoms with Gasteiger partial charge in [0.05, 0.1) is 5.60 Å². The second-order valence-electron chi connectivity index (χ2n) is 12.2. The lowest BCUT2D eigenvalue weighted by molar-refractivity contribution is -0.0488. The maximum atomic E-state index is 13.7. The number of nitrogens with one attached hydrogen (secondary N) is 1. The Balaban J connectivity index is 1.44. The van der Waals surface area contributed by atoms with Crippen molar-refractivity contribution in [1.82, 2.24) is 15.5 Å². The molecule has 2 amide bonds. The van der Waals surface area contributed by atoms with E-state index in [2.05, 4.69) is 43.5 Å². The molecule has 6 rings (SSSR count). The Morgan fingerprint density at radius 3 is 2.46 bits per heavy atom. The minimum absolute atomic E-state index is 0.0289. The quantitative estimate of drug-likeness (QED) is 0.384. The molecule has 3 atom stereocenters. The molecule has 4 saturated carbocycles. The van der Waals surface area contributed by atoms with Gasteiger partial charge in [0.15, 0.2) is 5.82 Å². The lowest BCUT2D eigenvalue weighted by Gasteiger charge is -2.58. The number of aliphatic hydroxyl groups is 1. The molecular formula is C27H35BrF2N4O3. The van der Waals surface area contributed by atoms with Crippen LogP contribution in [0.2, 0.25) is 0 Å². The molecule has 4 fully saturated rings. The summed E-state index contributed by atoms with van der Waals surface area (Å²) in [6.45, 7) is 2.63. The van der Waals surface area contributed by atoms with Gasteiger partial charge in [-0.15, -0.1) is 0 Å². The predicted octanol–water partition coefficient (Wildman–Crippen LogP) is 6.05. The van der Waals surface area contributed by atoms with Gasteiger partial charge in [-0.1, -0.05) is 33.2 Å². The van der Waals surface area contributed by atoms with E-state index >= 15 is 0 Å². The molecule has 1 aromatic heterocycles. The van der Waals surface area contributed by atoms with Gasteiger partial charge in [-0.05, 0) is 94.2 Å². The van der Waals surface area contributed by atoms with Crippen molar-refractivity contribution in [2.24, 2.45) is 11.1 Å². The zero-order valence-electron chi connectivity index (χ0n) is 21.3. The first-order valence-corrected chi connectivity index (χ1v) is 13.8. The van der Waals surface area contributed by atoms with Gasteiger partial charge < -0.3 is 20.7 Å². The van der Waals surface area contributed by atoms with Gasteiger partial charge in [-0.2, -0.15) is 13.8 Å². The highest BCUT2D eigenvalue weighted by Crippen LogP contribution is 2.62. The average Bonchev–Trinajstić information content (AvgIpc) is 3.34. The lowest BCUT2D eigenvalue weighted by atomic mass is 9.49. The summed E-state index contributed by atoms with van der Waals surface area (Å²) in [5.74, 6) is -3.51. The molecular weight excluding hydrogens is 546 g/mol. The highest BCUT2D eigenvalue weighted by molar-refractivity contribution is 9.10. The van der Waals surface area contributed by atoms with E-state index in [9.17, 15) is 18.7 Å². The molecule has 2 bridgehead atoms. The lowest BCUT2D eigenvalue weighted by Crippen LogP contribution is -2.62. The maximum absolute atomic E-state index is 13.7. The maximum Gasteiger partial charge on any atom is 0.322 e. The van der Waals surface area contributed by atoms with Crippen molar-refractivity contribution in [2.75, 3.05) is 0 Å². The number of fused-ring (bicyclic) bond motifs is 3. The van der Waals surface area contributed by atoms with Crippen LogP contribution in [0.5, 0.6) is 0 Å². The third-order valence-electron chi connectivity index (χ3n) is 9.41. The standard InChI is InChI=1S/C27H35BrF2N4O3/c1-23(36)6-13-27(33-22(31)35,19(15-23)17-4-3-5-18(28)14-17)16-25-7-10-26(11-8-25,12-9-25)20-32-21(37-34-20)24(2,29)30/h3-5,14,19,36H,6-13,15-16H2,1-2H3,(H3,31,33,35)/t19-,23-,25?,26?,27-/m1/s1. The Hall–Kier alpha value is -2.07. The number of carbonyl (C=O) groups is 1. The zero-order chi connectivity index (χ0) is 26.7. The fraction of sp³-hybridized carbons (Fsp3) is 0.667. The summed E-state index contributed by atoms with van der Waals surface area (Å²) in [7, 11) is 0. The first-order chi connectivity index (χ1) is 17.3. The molecule has 0 radical (unpaired) electrons. The van der Waals surface area contributed by atoms with Crippen molar-refractivity contribution in [2.45, 2.75) is 106 Å². The van der Waals surface area contributed by atoms with Gasteiger partial charge in [0.1, 0.15) is 0 Å². The van der Waals surface area contributed by atoms with Crippen LogP contribution in [0.4, 0.5) is 13.6 Å². The second kappa shape index (κ2) is 9.00. The Kier molecular flexibility index (Phi) is 6.46. The van der Waals surface area contributed by atoms with Gasteiger partial charge in [-0.3, -0.25) is 0 Å². The van der Waals surface area contributed by atoms with E-state index < -0.39 is 29.0 Å². The van der Waals surface area contributed by atoms with E-state index in [1.165, 1.54) is 0 Å². The van der Waals surface area contributed by atoms with Crippen molar-refractivity contribution in [3.63, 3.8) is 0 Å². The third kappa shape index (κ3) is 5.03. The molecule has 4 N–H and O–H groups in total. The van der Waals surface area contributed by atoms with Gasteiger partial charge in [0.2, 0.25) is 0 Å². The number of urea groups is 1. The van der Waals surface area contributed by atoms with Crippen molar-refractivity contribution in [3.05, 3.63) is 46.0 Å². The molecule has 4 aliphatic rings. The number of primary amides is 1. The van der Waals surface area contributed by atoms with Crippen molar-refractivity contribution in [1.29, 1.82) is 0 Å². The molecule has 10 heteroatoms. The molecule has 0 saturated heterocycles. The van der Waals surface area contributed by atoms with Crippen LogP contribution in [-0.2, 0) is 11.3 Å². The number of aromatic nitrogens is 2. The molecule has 0 unspecified atom stereocenters. The van der Waals surface area contributed by atoms with Crippen LogP contribution in [0.3, 0.4) is 0 Å². The van der Waals surface area contributed by atoms with E-state index in [0.29, 0.717) is 25.1 Å². The van der Waals surface area contributed by atoms with Crippen LogP contribution >= 0.6 is 15.9 Å². The van der Waals surface area contributed by atoms with E-state index in [0.717, 1.165) is 61.9 Å². The SMILES string of the molecule is CC(F)(F)c1nc(C23CCC(C[C@]4(NC(N)=O)CC[C@@](C)(O)C[C@@H]4c4cccc(Br)c4)(CC2)CC3)no1. The molecule has 1 aromatic carbocycles. The molecule has 0 aliphatic heterocycles. The summed E-state index contributed by atoms with van der Waals surface area (Å²) in [5, 5.41) is 18.2. The van der Waals surface area contributed by atoms with Crippen molar-refractivity contribution in [3.8, 4) is 0 Å². The monoisotopic (exact) mass is 580 g/mol. The highest BCUT2D eigenvalue weighted by Gasteiger charge is 2.57. The van der Waals surface area contributed by atoms with Crippen LogP contribution in [0.25, 0.3) is 0 Å². The number of rotatable bonds is 6. The number of nitrogens with two attached hydrogens (primary N) is 1. The summed E-state index contributed by atoms with van der Waals surface area (Å²) in [6, 6.07) is 7.50. The van der Waals surface area contributed by atoms with E-state index in [4.69, 9.17) is 10.3 Å². The minimum Gasteiger partial charge on any atom is -0.390 e. The number of hydrogen-bond donors (Lipinski definition) is 3. The Morgan fingerprint density at radius 2 is 1.89 bits per heavy atom. The summed E-state index contributed by atoms with van der Waals surface area (Å²) in [4.78, 5) is 16.5.